The third-order valence-corrected chi connectivity index (χ3v) is 3.89. The zero-order valence-corrected chi connectivity index (χ0v) is 13.0. The summed E-state index contributed by atoms with van der Waals surface area (Å²) < 4.78 is 0. The first kappa shape index (κ1) is 15.3. The van der Waals surface area contributed by atoms with Crippen LogP contribution in [-0.4, -0.2) is 22.5 Å². The number of rotatable bonds is 7. The number of hydrogen-bond acceptors (Lipinski definition) is 3. The molecule has 0 aliphatic carbocycles. The summed E-state index contributed by atoms with van der Waals surface area (Å²) in [7, 11) is 0. The van der Waals surface area contributed by atoms with Crippen molar-refractivity contribution in [1.29, 1.82) is 0 Å². The molecule has 0 amide bonds. The highest BCUT2D eigenvalue weighted by Gasteiger charge is 2.08. The number of thioether (sulfide) groups is 1. The second-order valence-electron chi connectivity index (χ2n) is 4.44. The normalized spacial score (nSPS) is 12.2. The van der Waals surface area contributed by atoms with Crippen molar-refractivity contribution < 1.29 is 0 Å². The van der Waals surface area contributed by atoms with Crippen molar-refractivity contribution in [3.63, 3.8) is 0 Å². The molecule has 0 radical (unpaired) electrons. The molecule has 0 aromatic heterocycles. The maximum Gasteiger partial charge on any atom is 0.106 e. The molecule has 0 fully saturated rings. The van der Waals surface area contributed by atoms with Crippen molar-refractivity contribution >= 4 is 34.7 Å². The van der Waals surface area contributed by atoms with E-state index in [1.54, 1.807) is 0 Å². The van der Waals surface area contributed by atoms with Crippen LogP contribution in [0.2, 0.25) is 0 Å². The monoisotopic (exact) mass is 282 g/mol. The lowest BCUT2D eigenvalue weighted by molar-refractivity contribution is 0.771. The highest BCUT2D eigenvalue weighted by Crippen LogP contribution is 2.19. The zero-order valence-electron chi connectivity index (χ0n) is 11.3. The summed E-state index contributed by atoms with van der Waals surface area (Å²) >= 11 is 7.07. The van der Waals surface area contributed by atoms with Gasteiger partial charge in [-0.15, -0.1) is 0 Å². The molecule has 0 aliphatic rings. The van der Waals surface area contributed by atoms with Gasteiger partial charge in [-0.2, -0.15) is 11.8 Å². The summed E-state index contributed by atoms with van der Waals surface area (Å²) in [6.45, 7) is 6.43. The van der Waals surface area contributed by atoms with Crippen LogP contribution in [0, 0.1) is 6.92 Å². The molecule has 1 rings (SSSR count). The Balaban J connectivity index is 2.68. The third kappa shape index (κ3) is 4.86. The van der Waals surface area contributed by atoms with Crippen LogP contribution in [0.3, 0.4) is 0 Å². The second kappa shape index (κ2) is 7.64. The van der Waals surface area contributed by atoms with Gasteiger partial charge < -0.3 is 11.1 Å². The van der Waals surface area contributed by atoms with E-state index in [1.807, 2.05) is 24.8 Å². The molecule has 1 unspecified atom stereocenters. The summed E-state index contributed by atoms with van der Waals surface area (Å²) in [6.07, 6.45) is 1.14. The van der Waals surface area contributed by atoms with Crippen LogP contribution in [0.4, 0.5) is 5.69 Å². The molecule has 0 aliphatic heterocycles. The standard InChI is InChI=1S/C14H22N2S2/c1-4-18-8-7-11(3)16-13-6-5-10(2)9-12(13)14(15)17/h5-6,9,11,16H,4,7-8H2,1-3H3,(H2,15,17). The maximum atomic E-state index is 5.77. The molecule has 3 N–H and O–H groups in total. The van der Waals surface area contributed by atoms with E-state index in [2.05, 4.69) is 31.3 Å². The van der Waals surface area contributed by atoms with Gasteiger partial charge in [0.25, 0.3) is 0 Å². The van der Waals surface area contributed by atoms with Crippen LogP contribution in [0.15, 0.2) is 18.2 Å². The van der Waals surface area contributed by atoms with Crippen LogP contribution < -0.4 is 11.1 Å². The molecule has 0 saturated heterocycles. The van der Waals surface area contributed by atoms with Crippen LogP contribution in [0.25, 0.3) is 0 Å². The highest BCUT2D eigenvalue weighted by atomic mass is 32.2. The first-order chi connectivity index (χ1) is 8.54. The molecule has 0 heterocycles. The first-order valence-electron chi connectivity index (χ1n) is 6.29. The Morgan fingerprint density at radius 3 is 2.83 bits per heavy atom. The summed E-state index contributed by atoms with van der Waals surface area (Å²) in [4.78, 5) is 0.455. The molecule has 1 aromatic rings. The minimum Gasteiger partial charge on any atom is -0.389 e. The average molecular weight is 282 g/mol. The Bertz CT molecular complexity index is 405. The van der Waals surface area contributed by atoms with Crippen LogP contribution in [0.5, 0.6) is 0 Å². The van der Waals surface area contributed by atoms with Gasteiger partial charge in [0.05, 0.1) is 0 Å². The Labute approximate surface area is 120 Å². The number of nitrogens with one attached hydrogen (secondary N) is 1. The first-order valence-corrected chi connectivity index (χ1v) is 7.85. The van der Waals surface area contributed by atoms with Gasteiger partial charge in [-0.3, -0.25) is 0 Å². The molecule has 2 nitrogen and oxygen atoms in total. The molecule has 1 atom stereocenters. The molecule has 0 bridgehead atoms. The van der Waals surface area contributed by atoms with E-state index >= 15 is 0 Å². The van der Waals surface area contributed by atoms with E-state index in [4.69, 9.17) is 18.0 Å². The predicted octanol–water partition coefficient (Wildman–Crippen LogP) is 3.57. The van der Waals surface area contributed by atoms with E-state index in [9.17, 15) is 0 Å². The lowest BCUT2D eigenvalue weighted by atomic mass is 10.1. The number of thiocarbonyl (C=S) groups is 1. The highest BCUT2D eigenvalue weighted by molar-refractivity contribution is 7.99. The number of anilines is 1. The van der Waals surface area contributed by atoms with E-state index in [-0.39, 0.29) is 0 Å². The molecular formula is C14H22N2S2. The summed E-state index contributed by atoms with van der Waals surface area (Å²) in [5.74, 6) is 2.36. The van der Waals surface area contributed by atoms with Gasteiger partial charge in [-0.05, 0) is 43.9 Å². The number of hydrogen-bond donors (Lipinski definition) is 2. The van der Waals surface area contributed by atoms with E-state index in [0.717, 1.165) is 17.7 Å². The minimum absolute atomic E-state index is 0.430. The van der Waals surface area contributed by atoms with Crippen molar-refractivity contribution in [3.05, 3.63) is 29.3 Å². The van der Waals surface area contributed by atoms with Gasteiger partial charge >= 0.3 is 0 Å². The van der Waals surface area contributed by atoms with Gasteiger partial charge in [0.1, 0.15) is 4.99 Å². The summed E-state index contributed by atoms with van der Waals surface area (Å²) in [5, 5.41) is 3.50. The second-order valence-corrected chi connectivity index (χ2v) is 6.28. The largest absolute Gasteiger partial charge is 0.389 e. The third-order valence-electron chi connectivity index (χ3n) is 2.74. The van der Waals surface area contributed by atoms with Crippen LogP contribution >= 0.6 is 24.0 Å². The predicted molar refractivity (Wildman–Crippen MR) is 87.8 cm³/mol. The molecule has 1 aromatic carbocycles. The fourth-order valence-electron chi connectivity index (χ4n) is 1.73. The smallest absolute Gasteiger partial charge is 0.106 e. The summed E-state index contributed by atoms with van der Waals surface area (Å²) in [5.41, 5.74) is 8.93. The van der Waals surface area contributed by atoms with Crippen molar-refractivity contribution in [1.82, 2.24) is 0 Å². The van der Waals surface area contributed by atoms with Gasteiger partial charge in [-0.1, -0.05) is 30.8 Å². The van der Waals surface area contributed by atoms with Gasteiger partial charge in [0.2, 0.25) is 0 Å². The van der Waals surface area contributed by atoms with Gasteiger partial charge in [0.15, 0.2) is 0 Å². The Hall–Kier alpha value is -0.740. The lowest BCUT2D eigenvalue weighted by Gasteiger charge is -2.18. The summed E-state index contributed by atoms with van der Waals surface area (Å²) in [6, 6.07) is 6.61. The Morgan fingerprint density at radius 1 is 1.50 bits per heavy atom. The molecule has 4 heteroatoms. The van der Waals surface area contributed by atoms with Gasteiger partial charge in [-0.25, -0.2) is 0 Å². The van der Waals surface area contributed by atoms with Crippen molar-refractivity contribution in [3.8, 4) is 0 Å². The fourth-order valence-corrected chi connectivity index (χ4v) is 2.71. The molecule has 18 heavy (non-hydrogen) atoms. The number of nitrogens with two attached hydrogens (primary N) is 1. The Kier molecular flexibility index (Phi) is 6.50. The Morgan fingerprint density at radius 2 is 2.22 bits per heavy atom. The quantitative estimate of drug-likeness (QED) is 0.592. The van der Waals surface area contributed by atoms with Crippen molar-refractivity contribution in [2.24, 2.45) is 5.73 Å². The molecule has 0 saturated carbocycles. The lowest BCUT2D eigenvalue weighted by Crippen LogP contribution is -2.20. The topological polar surface area (TPSA) is 38.0 Å². The van der Waals surface area contributed by atoms with Crippen LogP contribution in [-0.2, 0) is 0 Å². The van der Waals surface area contributed by atoms with Crippen molar-refractivity contribution in [2.75, 3.05) is 16.8 Å². The van der Waals surface area contributed by atoms with E-state index in [0.29, 0.717) is 11.0 Å². The van der Waals surface area contributed by atoms with Crippen molar-refractivity contribution in [2.45, 2.75) is 33.2 Å². The van der Waals surface area contributed by atoms with Gasteiger partial charge in [0, 0.05) is 17.3 Å². The van der Waals surface area contributed by atoms with E-state index in [1.165, 1.54) is 17.1 Å². The average Bonchev–Trinajstić information content (AvgIpc) is 2.31. The number of benzene rings is 1. The SMILES string of the molecule is CCSCCC(C)Nc1ccc(C)cc1C(N)=S. The molecule has 0 spiro atoms. The maximum absolute atomic E-state index is 5.77. The fraction of sp³-hybridized carbons (Fsp3) is 0.500. The molecule has 100 valence electrons. The minimum atomic E-state index is 0.430. The van der Waals surface area contributed by atoms with Crippen LogP contribution in [0.1, 0.15) is 31.4 Å². The zero-order chi connectivity index (χ0) is 13.5. The van der Waals surface area contributed by atoms with E-state index < -0.39 is 0 Å². The molecular weight excluding hydrogens is 260 g/mol. The number of aryl methyl sites for hydroxylation is 1.